The third-order valence-corrected chi connectivity index (χ3v) is 4.37. The Labute approximate surface area is 140 Å². The second-order valence-corrected chi connectivity index (χ2v) is 5.91. The number of carbonyl (C=O) groups is 2. The van der Waals surface area contributed by atoms with Crippen molar-refractivity contribution >= 4 is 41.5 Å². The van der Waals surface area contributed by atoms with Gasteiger partial charge in [0.05, 0.1) is 16.6 Å². The Morgan fingerprint density at radius 2 is 2.05 bits per heavy atom. The fraction of sp³-hybridized carbons (Fsp3) is 0.467. The average molecular weight is 344 g/mol. The van der Waals surface area contributed by atoms with E-state index in [1.54, 1.807) is 11.0 Å². The molecule has 5 nitrogen and oxygen atoms in total. The lowest BCUT2D eigenvalue weighted by Gasteiger charge is -2.35. The van der Waals surface area contributed by atoms with Gasteiger partial charge < -0.3 is 15.5 Å². The number of hydrogen-bond donors (Lipinski definition) is 2. The Balaban J connectivity index is 0.00000176. The lowest BCUT2D eigenvalue weighted by atomic mass is 9.99. The molecule has 2 aliphatic rings. The van der Waals surface area contributed by atoms with Crippen molar-refractivity contribution in [3.05, 3.63) is 29.3 Å². The first-order valence-electron chi connectivity index (χ1n) is 7.24. The molecule has 0 spiro atoms. The monoisotopic (exact) mass is 343 g/mol. The molecule has 0 saturated carbocycles. The average Bonchev–Trinajstić information content (AvgIpc) is 2.40. The number of nitrogens with zero attached hydrogens (tertiary/aromatic N) is 1. The fourth-order valence-corrected chi connectivity index (χ4v) is 2.92. The third kappa shape index (κ3) is 3.37. The van der Waals surface area contributed by atoms with Gasteiger partial charge in [0.1, 0.15) is 6.04 Å². The maximum atomic E-state index is 12.6. The first-order chi connectivity index (χ1) is 10.2. The normalized spacial score (nSPS) is 21.8. The molecule has 0 radical (unpaired) electrons. The van der Waals surface area contributed by atoms with E-state index in [0.29, 0.717) is 36.8 Å². The smallest absolute Gasteiger partial charge is 0.249 e. The van der Waals surface area contributed by atoms with E-state index in [4.69, 9.17) is 11.6 Å². The van der Waals surface area contributed by atoms with Gasteiger partial charge in [0.15, 0.2) is 0 Å². The maximum absolute atomic E-state index is 12.6. The summed E-state index contributed by atoms with van der Waals surface area (Å²) in [7, 11) is 0. The number of halogens is 2. The van der Waals surface area contributed by atoms with E-state index < -0.39 is 6.04 Å². The van der Waals surface area contributed by atoms with E-state index in [1.807, 2.05) is 18.2 Å². The molecule has 2 amide bonds. The van der Waals surface area contributed by atoms with E-state index in [1.165, 1.54) is 0 Å². The molecule has 1 aromatic rings. The summed E-state index contributed by atoms with van der Waals surface area (Å²) in [4.78, 5) is 26.3. The summed E-state index contributed by atoms with van der Waals surface area (Å²) in [5.41, 5.74) is 0.716. The predicted octanol–water partition coefficient (Wildman–Crippen LogP) is 1.59. The summed E-state index contributed by atoms with van der Waals surface area (Å²) in [5, 5.41) is 6.49. The Bertz CT molecular complexity index is 563. The van der Waals surface area contributed by atoms with Crippen LogP contribution in [0, 0.1) is 5.92 Å². The summed E-state index contributed by atoms with van der Waals surface area (Å²) < 4.78 is 0. The van der Waals surface area contributed by atoms with Gasteiger partial charge in [0, 0.05) is 19.6 Å². The second kappa shape index (κ2) is 7.31. The van der Waals surface area contributed by atoms with E-state index in [9.17, 15) is 9.59 Å². The number of carbonyl (C=O) groups excluding carboxylic acids is 2. The predicted molar refractivity (Wildman–Crippen MR) is 88.6 cm³/mol. The summed E-state index contributed by atoms with van der Waals surface area (Å²) >= 11 is 6.17. The maximum Gasteiger partial charge on any atom is 0.249 e. The molecule has 2 fully saturated rings. The zero-order valence-corrected chi connectivity index (χ0v) is 13.6. The SMILES string of the molecule is Cl.O=C(NC1CCCN(c2ccccc2Cl)C1=O)C1CNC1. The minimum atomic E-state index is -0.442. The topological polar surface area (TPSA) is 61.4 Å². The number of anilines is 1. The standard InChI is InChI=1S/C15H18ClN3O2.ClH/c16-11-4-1-2-6-13(11)19-7-3-5-12(15(19)21)18-14(20)10-8-17-9-10;/h1-2,4,6,10,12,17H,3,5,7-9H2,(H,18,20);1H. The van der Waals surface area contributed by atoms with Crippen LogP contribution in [0.2, 0.25) is 5.02 Å². The quantitative estimate of drug-likeness (QED) is 0.876. The highest BCUT2D eigenvalue weighted by molar-refractivity contribution is 6.33. The van der Waals surface area contributed by atoms with Gasteiger partial charge in [-0.2, -0.15) is 0 Å². The van der Waals surface area contributed by atoms with Crippen LogP contribution in [0.1, 0.15) is 12.8 Å². The summed E-state index contributed by atoms with van der Waals surface area (Å²) in [5.74, 6) is -0.114. The lowest BCUT2D eigenvalue weighted by molar-refractivity contribution is -0.131. The van der Waals surface area contributed by atoms with Crippen molar-refractivity contribution in [2.45, 2.75) is 18.9 Å². The molecule has 1 aromatic carbocycles. The van der Waals surface area contributed by atoms with Crippen LogP contribution < -0.4 is 15.5 Å². The van der Waals surface area contributed by atoms with Crippen LogP contribution in [0.4, 0.5) is 5.69 Å². The highest BCUT2D eigenvalue weighted by atomic mass is 35.5. The lowest BCUT2D eigenvalue weighted by Crippen LogP contribution is -2.57. The number of amides is 2. The van der Waals surface area contributed by atoms with E-state index in [2.05, 4.69) is 10.6 Å². The van der Waals surface area contributed by atoms with Crippen molar-refractivity contribution in [1.82, 2.24) is 10.6 Å². The summed E-state index contributed by atoms with van der Waals surface area (Å²) in [6.45, 7) is 2.03. The number of hydrogen-bond acceptors (Lipinski definition) is 3. The van der Waals surface area contributed by atoms with E-state index in [-0.39, 0.29) is 30.1 Å². The number of benzene rings is 1. The Morgan fingerprint density at radius 1 is 1.32 bits per heavy atom. The van der Waals surface area contributed by atoms with Crippen molar-refractivity contribution < 1.29 is 9.59 Å². The van der Waals surface area contributed by atoms with Gasteiger partial charge in [-0.1, -0.05) is 23.7 Å². The van der Waals surface area contributed by atoms with Crippen molar-refractivity contribution in [3.8, 4) is 0 Å². The molecule has 22 heavy (non-hydrogen) atoms. The molecule has 0 bridgehead atoms. The molecule has 1 unspecified atom stereocenters. The van der Waals surface area contributed by atoms with Crippen LogP contribution >= 0.6 is 24.0 Å². The number of nitrogens with one attached hydrogen (secondary N) is 2. The molecule has 0 aliphatic carbocycles. The minimum absolute atomic E-state index is 0. The number of rotatable bonds is 3. The highest BCUT2D eigenvalue weighted by Crippen LogP contribution is 2.28. The van der Waals surface area contributed by atoms with E-state index >= 15 is 0 Å². The molecule has 1 atom stereocenters. The van der Waals surface area contributed by atoms with Crippen LogP contribution in [0.15, 0.2) is 24.3 Å². The van der Waals surface area contributed by atoms with Crippen molar-refractivity contribution in [1.29, 1.82) is 0 Å². The Kier molecular flexibility index (Phi) is 5.67. The first-order valence-corrected chi connectivity index (χ1v) is 7.61. The molecule has 0 aromatic heterocycles. The zero-order valence-electron chi connectivity index (χ0n) is 12.0. The fourth-order valence-electron chi connectivity index (χ4n) is 2.68. The van der Waals surface area contributed by atoms with Crippen molar-refractivity contribution in [2.75, 3.05) is 24.5 Å². The Hall–Kier alpha value is -1.30. The summed E-state index contributed by atoms with van der Waals surface area (Å²) in [6.07, 6.45) is 1.54. The molecular weight excluding hydrogens is 325 g/mol. The van der Waals surface area contributed by atoms with Gasteiger partial charge in [0.25, 0.3) is 0 Å². The first kappa shape index (κ1) is 17.1. The van der Waals surface area contributed by atoms with Crippen LogP contribution in [-0.4, -0.2) is 37.5 Å². The van der Waals surface area contributed by atoms with Gasteiger partial charge >= 0.3 is 0 Å². The molecule has 2 saturated heterocycles. The minimum Gasteiger partial charge on any atom is -0.344 e. The second-order valence-electron chi connectivity index (χ2n) is 5.50. The molecule has 3 rings (SSSR count). The summed E-state index contributed by atoms with van der Waals surface area (Å²) in [6, 6.07) is 6.86. The van der Waals surface area contributed by atoms with Crippen molar-refractivity contribution in [2.24, 2.45) is 5.92 Å². The Morgan fingerprint density at radius 3 is 2.68 bits per heavy atom. The van der Waals surface area contributed by atoms with Crippen LogP contribution in [0.5, 0.6) is 0 Å². The molecule has 120 valence electrons. The highest BCUT2D eigenvalue weighted by Gasteiger charge is 2.34. The molecule has 2 heterocycles. The van der Waals surface area contributed by atoms with Crippen LogP contribution in [0.25, 0.3) is 0 Å². The molecule has 2 aliphatic heterocycles. The van der Waals surface area contributed by atoms with Crippen LogP contribution in [0.3, 0.4) is 0 Å². The zero-order chi connectivity index (χ0) is 14.8. The molecule has 7 heteroatoms. The van der Waals surface area contributed by atoms with Crippen LogP contribution in [-0.2, 0) is 9.59 Å². The molecule has 2 N–H and O–H groups in total. The van der Waals surface area contributed by atoms with Gasteiger partial charge in [-0.25, -0.2) is 0 Å². The van der Waals surface area contributed by atoms with Gasteiger partial charge in [-0.05, 0) is 25.0 Å². The van der Waals surface area contributed by atoms with Gasteiger partial charge in [-0.3, -0.25) is 9.59 Å². The third-order valence-electron chi connectivity index (χ3n) is 4.05. The van der Waals surface area contributed by atoms with Gasteiger partial charge in [-0.15, -0.1) is 12.4 Å². The number of para-hydroxylation sites is 1. The van der Waals surface area contributed by atoms with Crippen molar-refractivity contribution in [3.63, 3.8) is 0 Å². The van der Waals surface area contributed by atoms with Gasteiger partial charge in [0.2, 0.25) is 11.8 Å². The largest absolute Gasteiger partial charge is 0.344 e. The number of piperidine rings is 1. The van der Waals surface area contributed by atoms with E-state index in [0.717, 1.165) is 6.42 Å². The molecular formula is C15H19Cl2N3O2.